The van der Waals surface area contributed by atoms with Gasteiger partial charge in [0.25, 0.3) is 0 Å². The van der Waals surface area contributed by atoms with E-state index >= 15 is 0 Å². The molecule has 0 aromatic heterocycles. The summed E-state index contributed by atoms with van der Waals surface area (Å²) in [6.07, 6.45) is 0.190. The third-order valence-corrected chi connectivity index (χ3v) is 1.52. The third kappa shape index (κ3) is 1.99. The van der Waals surface area contributed by atoms with Crippen LogP contribution in [0.5, 0.6) is 0 Å². The zero-order valence-electron chi connectivity index (χ0n) is 6.56. The number of Topliss-reactive ketones (excluding diaryl/α,β-unsaturated/α-hetero) is 1. The number of carboxylic acids is 1. The number of carbonyl (C=O) groups excluding carboxylic acids is 2. The van der Waals surface area contributed by atoms with Gasteiger partial charge in [-0.2, -0.15) is 0 Å². The molecule has 0 saturated carbocycles. The van der Waals surface area contributed by atoms with E-state index in [9.17, 15) is 14.4 Å². The first-order valence-electron chi connectivity index (χ1n) is 3.48. The second kappa shape index (κ2) is 3.62. The molecule has 0 saturated heterocycles. The highest BCUT2D eigenvalue weighted by Crippen LogP contribution is 2.04. The molecule has 0 fully saturated rings. The molecule has 0 spiro atoms. The Balaban J connectivity index is 3.00. The minimum Gasteiger partial charge on any atom is -0.478 e. The van der Waals surface area contributed by atoms with Gasteiger partial charge in [-0.3, -0.25) is 9.59 Å². The van der Waals surface area contributed by atoms with E-state index in [-0.39, 0.29) is 17.4 Å². The number of aromatic carboxylic acids is 1. The molecule has 0 aliphatic rings. The molecule has 0 bridgehead atoms. The number of ketones is 1. The van der Waals surface area contributed by atoms with E-state index in [1.165, 1.54) is 24.3 Å². The predicted molar refractivity (Wildman–Crippen MR) is 43.8 cm³/mol. The summed E-state index contributed by atoms with van der Waals surface area (Å²) < 4.78 is 0. The molecule has 1 aromatic rings. The van der Waals surface area contributed by atoms with Crippen molar-refractivity contribution >= 4 is 18.0 Å². The number of carbonyl (C=O) groups is 3. The van der Waals surface area contributed by atoms with Crippen LogP contribution in [-0.2, 0) is 4.79 Å². The SMILES string of the molecule is O=CC(=O)c1ccc(C(=O)O)cc1. The van der Waals surface area contributed by atoms with Crippen LogP contribution in [0.4, 0.5) is 0 Å². The second-order valence-corrected chi connectivity index (χ2v) is 2.36. The largest absolute Gasteiger partial charge is 0.478 e. The Labute approximate surface area is 73.8 Å². The lowest BCUT2D eigenvalue weighted by Crippen LogP contribution is -2.01. The van der Waals surface area contributed by atoms with E-state index in [1.54, 1.807) is 0 Å². The van der Waals surface area contributed by atoms with E-state index < -0.39 is 11.8 Å². The molecule has 0 heterocycles. The maximum atomic E-state index is 10.8. The Bertz CT molecular complexity index is 350. The molecule has 0 aliphatic heterocycles. The van der Waals surface area contributed by atoms with Crippen molar-refractivity contribution in [2.45, 2.75) is 0 Å². The van der Waals surface area contributed by atoms with E-state index in [2.05, 4.69) is 0 Å². The number of benzene rings is 1. The molecule has 0 radical (unpaired) electrons. The number of carboxylic acid groups (broad SMARTS) is 1. The van der Waals surface area contributed by atoms with Gasteiger partial charge in [-0.15, -0.1) is 0 Å². The molecular weight excluding hydrogens is 172 g/mol. The van der Waals surface area contributed by atoms with Gasteiger partial charge in [-0.1, -0.05) is 12.1 Å². The Morgan fingerprint density at radius 2 is 1.54 bits per heavy atom. The zero-order chi connectivity index (χ0) is 9.84. The average Bonchev–Trinajstić information content (AvgIpc) is 2.17. The molecule has 66 valence electrons. The van der Waals surface area contributed by atoms with E-state index in [1.807, 2.05) is 0 Å². The van der Waals surface area contributed by atoms with Crippen molar-refractivity contribution in [3.8, 4) is 0 Å². The van der Waals surface area contributed by atoms with Crippen LogP contribution in [0.15, 0.2) is 24.3 Å². The smallest absolute Gasteiger partial charge is 0.335 e. The Hall–Kier alpha value is -1.97. The number of hydrogen-bond acceptors (Lipinski definition) is 3. The van der Waals surface area contributed by atoms with Crippen molar-refractivity contribution in [3.05, 3.63) is 35.4 Å². The van der Waals surface area contributed by atoms with Gasteiger partial charge >= 0.3 is 5.97 Å². The molecule has 0 unspecified atom stereocenters. The van der Waals surface area contributed by atoms with Crippen molar-refractivity contribution < 1.29 is 19.5 Å². The normalized spacial score (nSPS) is 9.23. The highest BCUT2D eigenvalue weighted by Gasteiger charge is 2.05. The summed E-state index contributed by atoms with van der Waals surface area (Å²) >= 11 is 0. The lowest BCUT2D eigenvalue weighted by atomic mass is 10.1. The average molecular weight is 178 g/mol. The van der Waals surface area contributed by atoms with Crippen molar-refractivity contribution in [3.63, 3.8) is 0 Å². The van der Waals surface area contributed by atoms with Crippen LogP contribution in [0, 0.1) is 0 Å². The van der Waals surface area contributed by atoms with Crippen molar-refractivity contribution in [2.24, 2.45) is 0 Å². The first-order valence-corrected chi connectivity index (χ1v) is 3.48. The molecule has 1 N–H and O–H groups in total. The van der Waals surface area contributed by atoms with Crippen LogP contribution < -0.4 is 0 Å². The van der Waals surface area contributed by atoms with E-state index in [4.69, 9.17) is 5.11 Å². The first kappa shape index (κ1) is 9.12. The molecule has 13 heavy (non-hydrogen) atoms. The van der Waals surface area contributed by atoms with Crippen molar-refractivity contribution in [1.29, 1.82) is 0 Å². The maximum Gasteiger partial charge on any atom is 0.335 e. The Morgan fingerprint density at radius 3 is 1.92 bits per heavy atom. The second-order valence-electron chi connectivity index (χ2n) is 2.36. The van der Waals surface area contributed by atoms with Crippen LogP contribution in [0.25, 0.3) is 0 Å². The van der Waals surface area contributed by atoms with E-state index in [0.717, 1.165) is 0 Å². The summed E-state index contributed by atoms with van der Waals surface area (Å²) in [7, 11) is 0. The van der Waals surface area contributed by atoms with Crippen LogP contribution in [-0.4, -0.2) is 23.1 Å². The summed E-state index contributed by atoms with van der Waals surface area (Å²) in [6, 6.07) is 5.17. The fourth-order valence-corrected chi connectivity index (χ4v) is 0.845. The molecule has 4 heteroatoms. The van der Waals surface area contributed by atoms with Gasteiger partial charge in [-0.25, -0.2) is 4.79 Å². The van der Waals surface area contributed by atoms with Gasteiger partial charge < -0.3 is 5.11 Å². The highest BCUT2D eigenvalue weighted by atomic mass is 16.4. The quantitative estimate of drug-likeness (QED) is 0.421. The van der Waals surface area contributed by atoms with Crippen LogP contribution in [0.2, 0.25) is 0 Å². The topological polar surface area (TPSA) is 71.4 Å². The lowest BCUT2D eigenvalue weighted by molar-refractivity contribution is -0.104. The molecule has 1 aromatic carbocycles. The maximum absolute atomic E-state index is 10.8. The van der Waals surface area contributed by atoms with Crippen LogP contribution >= 0.6 is 0 Å². The van der Waals surface area contributed by atoms with E-state index in [0.29, 0.717) is 0 Å². The summed E-state index contributed by atoms with van der Waals surface area (Å²) in [5, 5.41) is 8.52. The van der Waals surface area contributed by atoms with Crippen molar-refractivity contribution in [1.82, 2.24) is 0 Å². The Kier molecular flexibility index (Phi) is 2.54. The summed E-state index contributed by atoms with van der Waals surface area (Å²) in [6.45, 7) is 0. The molecule has 0 aliphatic carbocycles. The van der Waals surface area contributed by atoms with Gasteiger partial charge in [0.2, 0.25) is 5.78 Å². The zero-order valence-corrected chi connectivity index (χ0v) is 6.56. The van der Waals surface area contributed by atoms with Gasteiger partial charge in [0.15, 0.2) is 6.29 Å². The fraction of sp³-hybridized carbons (Fsp3) is 0. The first-order chi connectivity index (χ1) is 6.15. The van der Waals surface area contributed by atoms with Gasteiger partial charge in [0.1, 0.15) is 0 Å². The minimum atomic E-state index is -1.06. The van der Waals surface area contributed by atoms with Crippen LogP contribution in [0.1, 0.15) is 20.7 Å². The molecule has 1 rings (SSSR count). The Morgan fingerprint density at radius 1 is 1.08 bits per heavy atom. The number of rotatable bonds is 3. The van der Waals surface area contributed by atoms with Gasteiger partial charge in [-0.05, 0) is 12.1 Å². The lowest BCUT2D eigenvalue weighted by Gasteiger charge is -1.95. The molecular formula is C9H6O4. The number of hydrogen-bond donors (Lipinski definition) is 1. The third-order valence-electron chi connectivity index (χ3n) is 1.52. The van der Waals surface area contributed by atoms with Crippen LogP contribution in [0.3, 0.4) is 0 Å². The highest BCUT2D eigenvalue weighted by molar-refractivity contribution is 6.33. The summed E-state index contributed by atoms with van der Waals surface area (Å²) in [4.78, 5) is 31.2. The summed E-state index contributed by atoms with van der Waals surface area (Å²) in [5.41, 5.74) is 0.280. The predicted octanol–water partition coefficient (Wildman–Crippen LogP) is 0.766. The van der Waals surface area contributed by atoms with Crippen molar-refractivity contribution in [2.75, 3.05) is 0 Å². The fourth-order valence-electron chi connectivity index (χ4n) is 0.845. The molecule has 0 amide bonds. The summed E-state index contributed by atoms with van der Waals surface area (Å²) in [5.74, 6) is -1.72. The van der Waals surface area contributed by atoms with Gasteiger partial charge in [0.05, 0.1) is 5.56 Å². The van der Waals surface area contributed by atoms with Gasteiger partial charge in [0, 0.05) is 5.56 Å². The molecule has 0 atom stereocenters. The monoisotopic (exact) mass is 178 g/mol. The number of aldehydes is 1. The minimum absolute atomic E-state index is 0.0856. The molecule has 4 nitrogen and oxygen atoms in total. The standard InChI is InChI=1S/C9H6O4/c10-5-8(11)6-1-3-7(4-2-6)9(12)13/h1-5H,(H,12,13).